The van der Waals surface area contributed by atoms with Crippen LogP contribution in [0.3, 0.4) is 0 Å². The molecule has 2 aromatic rings. The van der Waals surface area contributed by atoms with Crippen molar-refractivity contribution in [3.63, 3.8) is 0 Å². The van der Waals surface area contributed by atoms with E-state index in [1.807, 2.05) is 13.8 Å². The molecule has 2 rings (SSSR count). The molecule has 0 saturated heterocycles. The number of aryl methyl sites for hydroxylation is 2. The summed E-state index contributed by atoms with van der Waals surface area (Å²) in [5.74, 6) is -0.879. The lowest BCUT2D eigenvalue weighted by Crippen LogP contribution is -2.27. The third-order valence-corrected chi connectivity index (χ3v) is 3.77. The number of carbonyl (C=O) groups excluding carboxylic acids is 3. The van der Waals surface area contributed by atoms with Gasteiger partial charge in [-0.1, -0.05) is 0 Å². The second-order valence-corrected chi connectivity index (χ2v) is 7.39. The van der Waals surface area contributed by atoms with Gasteiger partial charge >= 0.3 is 6.09 Å². The Labute approximate surface area is 163 Å². The molecular weight excluding hydrogens is 360 g/mol. The predicted octanol–water partition coefficient (Wildman–Crippen LogP) is 3.65. The molecule has 8 heteroatoms. The van der Waals surface area contributed by atoms with Gasteiger partial charge in [0.25, 0.3) is 0 Å². The van der Waals surface area contributed by atoms with Gasteiger partial charge in [0.2, 0.25) is 5.91 Å². The third kappa shape index (κ3) is 6.15. The SMILES string of the molecule is Cc1cc(NC(=O)CC(=O)c2ccnnc2)c(NC(=O)OC(C)(C)C)cc1C. The topological polar surface area (TPSA) is 110 Å². The molecule has 8 nitrogen and oxygen atoms in total. The molecule has 0 atom stereocenters. The van der Waals surface area contributed by atoms with Crippen LogP contribution in [-0.4, -0.2) is 33.6 Å². The second-order valence-electron chi connectivity index (χ2n) is 7.39. The molecule has 0 aliphatic heterocycles. The number of carbonyl (C=O) groups is 3. The number of rotatable bonds is 5. The van der Waals surface area contributed by atoms with E-state index in [1.165, 1.54) is 18.5 Å². The van der Waals surface area contributed by atoms with E-state index in [2.05, 4.69) is 20.8 Å². The van der Waals surface area contributed by atoms with E-state index >= 15 is 0 Å². The minimum absolute atomic E-state index is 0.303. The van der Waals surface area contributed by atoms with Crippen molar-refractivity contribution in [2.24, 2.45) is 0 Å². The van der Waals surface area contributed by atoms with Gasteiger partial charge in [0.15, 0.2) is 5.78 Å². The average Bonchev–Trinajstić information content (AvgIpc) is 2.58. The highest BCUT2D eigenvalue weighted by Crippen LogP contribution is 2.27. The number of hydrogen-bond donors (Lipinski definition) is 2. The van der Waals surface area contributed by atoms with Crippen molar-refractivity contribution in [1.82, 2.24) is 10.2 Å². The van der Waals surface area contributed by atoms with E-state index in [1.54, 1.807) is 32.9 Å². The molecule has 0 radical (unpaired) electrons. The van der Waals surface area contributed by atoms with E-state index in [4.69, 9.17) is 4.74 Å². The van der Waals surface area contributed by atoms with E-state index in [9.17, 15) is 14.4 Å². The molecule has 1 aromatic heterocycles. The Kier molecular flexibility index (Phi) is 6.45. The molecule has 0 bridgehead atoms. The fourth-order valence-electron chi connectivity index (χ4n) is 2.33. The largest absolute Gasteiger partial charge is 0.444 e. The van der Waals surface area contributed by atoms with Crippen molar-refractivity contribution in [2.45, 2.75) is 46.6 Å². The van der Waals surface area contributed by atoms with Crippen LogP contribution in [0.4, 0.5) is 16.2 Å². The Bertz CT molecular complexity index is 889. The highest BCUT2D eigenvalue weighted by molar-refractivity contribution is 6.11. The Morgan fingerprint density at radius 1 is 1.00 bits per heavy atom. The number of nitrogens with one attached hydrogen (secondary N) is 2. The fourth-order valence-corrected chi connectivity index (χ4v) is 2.33. The zero-order chi connectivity index (χ0) is 20.9. The van der Waals surface area contributed by atoms with Crippen LogP contribution in [0.15, 0.2) is 30.6 Å². The van der Waals surface area contributed by atoms with Gasteiger partial charge in [-0.3, -0.25) is 14.9 Å². The molecule has 0 unspecified atom stereocenters. The fraction of sp³-hybridized carbons (Fsp3) is 0.350. The van der Waals surface area contributed by atoms with Crippen molar-refractivity contribution in [3.8, 4) is 0 Å². The Morgan fingerprint density at radius 2 is 1.61 bits per heavy atom. The Balaban J connectivity index is 2.15. The first-order valence-corrected chi connectivity index (χ1v) is 8.76. The highest BCUT2D eigenvalue weighted by atomic mass is 16.6. The summed E-state index contributed by atoms with van der Waals surface area (Å²) in [6.07, 6.45) is 1.70. The zero-order valence-electron chi connectivity index (χ0n) is 16.6. The van der Waals surface area contributed by atoms with Gasteiger partial charge in [-0.15, -0.1) is 0 Å². The number of nitrogens with zero attached hydrogens (tertiary/aromatic N) is 2. The lowest BCUT2D eigenvalue weighted by molar-refractivity contribution is -0.115. The lowest BCUT2D eigenvalue weighted by atomic mass is 10.1. The first kappa shape index (κ1) is 21.0. The number of ether oxygens (including phenoxy) is 1. The molecule has 0 spiro atoms. The lowest BCUT2D eigenvalue weighted by Gasteiger charge is -2.21. The predicted molar refractivity (Wildman–Crippen MR) is 105 cm³/mol. The molecule has 0 aliphatic carbocycles. The molecule has 0 aliphatic rings. The maximum atomic E-state index is 12.3. The number of hydrogen-bond acceptors (Lipinski definition) is 6. The Hall–Kier alpha value is -3.29. The molecule has 0 saturated carbocycles. The number of aromatic nitrogens is 2. The summed E-state index contributed by atoms with van der Waals surface area (Å²) in [6.45, 7) is 9.05. The molecule has 2 amide bonds. The van der Waals surface area contributed by atoms with Crippen LogP contribution >= 0.6 is 0 Å². The quantitative estimate of drug-likeness (QED) is 0.601. The highest BCUT2D eigenvalue weighted by Gasteiger charge is 2.19. The summed E-state index contributed by atoms with van der Waals surface area (Å²) in [7, 11) is 0. The standard InChI is InChI=1S/C20H24N4O4/c1-12-8-15(16(9-13(12)2)24-19(27)28-20(3,4)5)23-18(26)10-17(25)14-6-7-21-22-11-14/h6-9,11H,10H2,1-5H3,(H,23,26)(H,24,27). The maximum absolute atomic E-state index is 12.3. The van der Waals surface area contributed by atoms with Gasteiger partial charge in [-0.25, -0.2) is 4.79 Å². The van der Waals surface area contributed by atoms with Gasteiger partial charge < -0.3 is 10.1 Å². The minimum atomic E-state index is -0.655. The van der Waals surface area contributed by atoms with Crippen LogP contribution in [0.1, 0.15) is 48.7 Å². The first-order valence-electron chi connectivity index (χ1n) is 8.76. The van der Waals surface area contributed by atoms with Crippen LogP contribution in [0.2, 0.25) is 0 Å². The van der Waals surface area contributed by atoms with Gasteiger partial charge in [0, 0.05) is 5.56 Å². The third-order valence-electron chi connectivity index (χ3n) is 3.77. The summed E-state index contributed by atoms with van der Waals surface area (Å²) < 4.78 is 5.26. The van der Waals surface area contributed by atoms with Gasteiger partial charge in [-0.05, 0) is 63.9 Å². The summed E-state index contributed by atoms with van der Waals surface area (Å²) in [4.78, 5) is 36.6. The maximum Gasteiger partial charge on any atom is 0.412 e. The minimum Gasteiger partial charge on any atom is -0.444 e. The zero-order valence-corrected chi connectivity index (χ0v) is 16.6. The molecule has 1 heterocycles. The molecule has 1 aromatic carbocycles. The van der Waals surface area contributed by atoms with Gasteiger partial charge in [0.05, 0.1) is 30.2 Å². The molecule has 28 heavy (non-hydrogen) atoms. The number of benzene rings is 1. The van der Waals surface area contributed by atoms with Crippen LogP contribution in [0.25, 0.3) is 0 Å². The average molecular weight is 384 g/mol. The number of ketones is 1. The van der Waals surface area contributed by atoms with Crippen molar-refractivity contribution in [2.75, 3.05) is 10.6 Å². The summed E-state index contributed by atoms with van der Waals surface area (Å²) in [6, 6.07) is 4.97. The van der Waals surface area contributed by atoms with Crippen LogP contribution in [0, 0.1) is 13.8 Å². The van der Waals surface area contributed by atoms with Crippen molar-refractivity contribution >= 4 is 29.2 Å². The van der Waals surface area contributed by atoms with Crippen molar-refractivity contribution < 1.29 is 19.1 Å². The second kappa shape index (κ2) is 8.60. The van der Waals surface area contributed by atoms with Crippen LogP contribution in [-0.2, 0) is 9.53 Å². The van der Waals surface area contributed by atoms with Gasteiger partial charge in [0.1, 0.15) is 5.60 Å². The molecule has 0 fully saturated rings. The van der Waals surface area contributed by atoms with E-state index < -0.39 is 17.6 Å². The summed E-state index contributed by atoms with van der Waals surface area (Å²) in [5.41, 5.74) is 2.29. The van der Waals surface area contributed by atoms with Crippen LogP contribution < -0.4 is 10.6 Å². The van der Waals surface area contributed by atoms with E-state index in [-0.39, 0.29) is 12.2 Å². The van der Waals surface area contributed by atoms with Gasteiger partial charge in [-0.2, -0.15) is 10.2 Å². The monoisotopic (exact) mass is 384 g/mol. The number of anilines is 2. The first-order chi connectivity index (χ1) is 13.0. The summed E-state index contributed by atoms with van der Waals surface area (Å²) in [5, 5.41) is 12.6. The molecular formula is C20H24N4O4. The van der Waals surface area contributed by atoms with E-state index in [0.717, 1.165) is 11.1 Å². The number of amides is 2. The Morgan fingerprint density at radius 3 is 2.14 bits per heavy atom. The van der Waals surface area contributed by atoms with Crippen LogP contribution in [0.5, 0.6) is 0 Å². The van der Waals surface area contributed by atoms with Crippen molar-refractivity contribution in [1.29, 1.82) is 0 Å². The molecule has 2 N–H and O–H groups in total. The number of Topliss-reactive ketones (excluding diaryl/α,β-unsaturated/α-hetero) is 1. The summed E-state index contributed by atoms with van der Waals surface area (Å²) >= 11 is 0. The van der Waals surface area contributed by atoms with Crippen molar-refractivity contribution in [3.05, 3.63) is 47.3 Å². The smallest absolute Gasteiger partial charge is 0.412 e. The molecule has 148 valence electrons. The normalized spacial score (nSPS) is 10.9. The van der Waals surface area contributed by atoms with E-state index in [0.29, 0.717) is 16.9 Å².